The summed E-state index contributed by atoms with van der Waals surface area (Å²) in [4.78, 5) is 8.62. The van der Waals surface area contributed by atoms with Gasteiger partial charge in [0.2, 0.25) is 0 Å². The SMILES string of the molecule is C=C(c1ccc2ncnn2c1)c1c(-c2cnn(C)c2)ccnc1C. The van der Waals surface area contributed by atoms with Crippen LogP contribution in [0.4, 0.5) is 0 Å². The van der Waals surface area contributed by atoms with E-state index >= 15 is 0 Å². The number of rotatable bonds is 3. The first-order valence-corrected chi connectivity index (χ1v) is 7.57. The van der Waals surface area contributed by atoms with Crippen LogP contribution in [-0.2, 0) is 7.05 Å². The third-order valence-electron chi connectivity index (χ3n) is 4.08. The van der Waals surface area contributed by atoms with E-state index in [1.807, 2.05) is 57.0 Å². The Balaban J connectivity index is 1.87. The molecule has 0 unspecified atom stereocenters. The van der Waals surface area contributed by atoms with Crippen molar-refractivity contribution in [2.45, 2.75) is 6.92 Å². The quantitative estimate of drug-likeness (QED) is 0.583. The summed E-state index contributed by atoms with van der Waals surface area (Å²) in [6, 6.07) is 5.94. The van der Waals surface area contributed by atoms with Gasteiger partial charge in [-0.3, -0.25) is 9.67 Å². The van der Waals surface area contributed by atoms with Gasteiger partial charge in [0, 0.05) is 48.0 Å². The van der Waals surface area contributed by atoms with Crippen LogP contribution < -0.4 is 0 Å². The molecule has 0 saturated carbocycles. The van der Waals surface area contributed by atoms with Gasteiger partial charge in [0.1, 0.15) is 6.33 Å². The molecule has 4 rings (SSSR count). The average Bonchev–Trinajstić information content (AvgIpc) is 3.21. The Morgan fingerprint density at radius 1 is 1.08 bits per heavy atom. The highest BCUT2D eigenvalue weighted by Crippen LogP contribution is 2.33. The fourth-order valence-electron chi connectivity index (χ4n) is 2.89. The second kappa shape index (κ2) is 5.42. The van der Waals surface area contributed by atoms with Crippen molar-refractivity contribution < 1.29 is 0 Å². The minimum atomic E-state index is 0.807. The summed E-state index contributed by atoms with van der Waals surface area (Å²) in [7, 11) is 1.91. The molecule has 0 aliphatic heterocycles. The molecular formula is C18H16N6. The van der Waals surface area contributed by atoms with Crippen LogP contribution in [0.3, 0.4) is 0 Å². The predicted molar refractivity (Wildman–Crippen MR) is 92.3 cm³/mol. The molecule has 0 amide bonds. The molecule has 6 nitrogen and oxygen atoms in total. The van der Waals surface area contributed by atoms with Gasteiger partial charge in [0.15, 0.2) is 5.65 Å². The van der Waals surface area contributed by atoms with Crippen molar-refractivity contribution in [1.29, 1.82) is 0 Å². The van der Waals surface area contributed by atoms with Gasteiger partial charge in [-0.1, -0.05) is 6.58 Å². The maximum Gasteiger partial charge on any atom is 0.155 e. The summed E-state index contributed by atoms with van der Waals surface area (Å²) in [5, 5.41) is 8.47. The number of hydrogen-bond donors (Lipinski definition) is 0. The Bertz CT molecular complexity index is 1060. The van der Waals surface area contributed by atoms with E-state index in [0.717, 1.165) is 39.2 Å². The highest BCUT2D eigenvalue weighted by atomic mass is 15.3. The molecule has 0 fully saturated rings. The van der Waals surface area contributed by atoms with Gasteiger partial charge in [-0.25, -0.2) is 9.50 Å². The molecule has 4 heterocycles. The van der Waals surface area contributed by atoms with Crippen LogP contribution in [-0.4, -0.2) is 29.4 Å². The minimum Gasteiger partial charge on any atom is -0.275 e. The zero-order valence-electron chi connectivity index (χ0n) is 13.5. The van der Waals surface area contributed by atoms with E-state index in [1.54, 1.807) is 9.20 Å². The highest BCUT2D eigenvalue weighted by molar-refractivity contribution is 5.88. The molecule has 6 heteroatoms. The van der Waals surface area contributed by atoms with Gasteiger partial charge in [0.05, 0.1) is 6.20 Å². The van der Waals surface area contributed by atoms with Gasteiger partial charge >= 0.3 is 0 Å². The summed E-state index contributed by atoms with van der Waals surface area (Å²) < 4.78 is 3.54. The Morgan fingerprint density at radius 2 is 1.96 bits per heavy atom. The molecule has 4 aromatic rings. The predicted octanol–water partition coefficient (Wildman–Crippen LogP) is 2.89. The molecule has 24 heavy (non-hydrogen) atoms. The Kier molecular flexibility index (Phi) is 3.23. The first-order chi connectivity index (χ1) is 11.6. The van der Waals surface area contributed by atoms with E-state index in [1.165, 1.54) is 6.33 Å². The summed E-state index contributed by atoms with van der Waals surface area (Å²) in [6.45, 7) is 6.31. The van der Waals surface area contributed by atoms with Gasteiger partial charge in [-0.2, -0.15) is 10.2 Å². The molecule has 0 N–H and O–H groups in total. The van der Waals surface area contributed by atoms with E-state index in [4.69, 9.17) is 0 Å². The van der Waals surface area contributed by atoms with E-state index in [2.05, 4.69) is 26.7 Å². The number of hydrogen-bond acceptors (Lipinski definition) is 4. The lowest BCUT2D eigenvalue weighted by atomic mass is 9.93. The largest absolute Gasteiger partial charge is 0.275 e. The second-order valence-corrected chi connectivity index (χ2v) is 5.68. The molecule has 0 radical (unpaired) electrons. The number of aryl methyl sites for hydroxylation is 2. The van der Waals surface area contributed by atoms with Crippen molar-refractivity contribution in [3.05, 3.63) is 72.7 Å². The van der Waals surface area contributed by atoms with Gasteiger partial charge in [-0.05, 0) is 36.3 Å². The van der Waals surface area contributed by atoms with Crippen LogP contribution in [0.1, 0.15) is 16.8 Å². The average molecular weight is 316 g/mol. The van der Waals surface area contributed by atoms with Crippen LogP contribution in [0.5, 0.6) is 0 Å². The van der Waals surface area contributed by atoms with Crippen LogP contribution in [0.25, 0.3) is 22.3 Å². The van der Waals surface area contributed by atoms with Crippen molar-refractivity contribution in [3.63, 3.8) is 0 Å². The lowest BCUT2D eigenvalue weighted by Gasteiger charge is -2.14. The van der Waals surface area contributed by atoms with E-state index in [9.17, 15) is 0 Å². The topological polar surface area (TPSA) is 60.9 Å². The standard InChI is InChI=1S/C18H16N6/c1-12(14-4-5-17-20-11-22-24(17)10-14)18-13(2)19-7-6-16(18)15-8-21-23(3)9-15/h4-11H,1H2,2-3H3. The summed E-state index contributed by atoms with van der Waals surface area (Å²) >= 11 is 0. The van der Waals surface area contributed by atoms with Crippen LogP contribution in [0, 0.1) is 6.92 Å². The molecule has 4 aromatic heterocycles. The normalized spacial score (nSPS) is 11.1. The van der Waals surface area contributed by atoms with Crippen LogP contribution >= 0.6 is 0 Å². The second-order valence-electron chi connectivity index (χ2n) is 5.68. The molecule has 0 aromatic carbocycles. The highest BCUT2D eigenvalue weighted by Gasteiger charge is 2.15. The Morgan fingerprint density at radius 3 is 2.75 bits per heavy atom. The Labute approximate surface area is 139 Å². The minimum absolute atomic E-state index is 0.807. The molecule has 0 bridgehead atoms. The number of pyridine rings is 2. The zero-order valence-corrected chi connectivity index (χ0v) is 13.5. The molecule has 0 atom stereocenters. The van der Waals surface area contributed by atoms with Crippen LogP contribution in [0.2, 0.25) is 0 Å². The summed E-state index contributed by atoms with van der Waals surface area (Å²) in [6.07, 6.45) is 9.13. The smallest absolute Gasteiger partial charge is 0.155 e. The first-order valence-electron chi connectivity index (χ1n) is 7.57. The molecule has 0 saturated heterocycles. The monoisotopic (exact) mass is 316 g/mol. The fourth-order valence-corrected chi connectivity index (χ4v) is 2.89. The van der Waals surface area contributed by atoms with Gasteiger partial charge in [0.25, 0.3) is 0 Å². The van der Waals surface area contributed by atoms with E-state index in [0.29, 0.717) is 0 Å². The van der Waals surface area contributed by atoms with E-state index in [-0.39, 0.29) is 0 Å². The van der Waals surface area contributed by atoms with Gasteiger partial charge < -0.3 is 0 Å². The van der Waals surface area contributed by atoms with E-state index < -0.39 is 0 Å². The van der Waals surface area contributed by atoms with Crippen molar-refractivity contribution in [1.82, 2.24) is 29.4 Å². The van der Waals surface area contributed by atoms with Crippen molar-refractivity contribution in [2.75, 3.05) is 0 Å². The van der Waals surface area contributed by atoms with Crippen molar-refractivity contribution in [3.8, 4) is 11.1 Å². The summed E-state index contributed by atoms with van der Waals surface area (Å²) in [5.74, 6) is 0. The number of nitrogens with zero attached hydrogens (tertiary/aromatic N) is 6. The first kappa shape index (κ1) is 14.3. The van der Waals surface area contributed by atoms with Gasteiger partial charge in [-0.15, -0.1) is 0 Å². The molecule has 118 valence electrons. The lowest BCUT2D eigenvalue weighted by molar-refractivity contribution is 0.768. The van der Waals surface area contributed by atoms with Crippen LogP contribution in [0.15, 0.2) is 55.9 Å². The molecule has 0 aliphatic rings. The third kappa shape index (κ3) is 2.28. The molecule has 0 aliphatic carbocycles. The Hall–Kier alpha value is -3.28. The fraction of sp³-hybridized carbons (Fsp3) is 0.111. The van der Waals surface area contributed by atoms with Crippen molar-refractivity contribution in [2.24, 2.45) is 7.05 Å². The maximum absolute atomic E-state index is 4.45. The maximum atomic E-state index is 4.45. The third-order valence-corrected chi connectivity index (χ3v) is 4.08. The number of aromatic nitrogens is 6. The zero-order chi connectivity index (χ0) is 16.7. The lowest BCUT2D eigenvalue weighted by Crippen LogP contribution is -1.98. The number of fused-ring (bicyclic) bond motifs is 1. The van der Waals surface area contributed by atoms with Crippen molar-refractivity contribution >= 4 is 11.2 Å². The summed E-state index contributed by atoms with van der Waals surface area (Å²) in [5.41, 5.74) is 6.75. The molecular weight excluding hydrogens is 300 g/mol. The molecule has 0 spiro atoms.